The molecule has 4 heteroatoms. The van der Waals surface area contributed by atoms with Gasteiger partial charge in [-0.2, -0.15) is 0 Å². The van der Waals surface area contributed by atoms with Crippen molar-refractivity contribution in [3.05, 3.63) is 70.7 Å². The van der Waals surface area contributed by atoms with Crippen LogP contribution in [0, 0.1) is 11.3 Å². The molecule has 2 atom stereocenters. The van der Waals surface area contributed by atoms with E-state index in [1.54, 1.807) is 0 Å². The third-order valence-electron chi connectivity index (χ3n) is 5.73. The van der Waals surface area contributed by atoms with Crippen LogP contribution in [-0.2, 0) is 4.79 Å². The van der Waals surface area contributed by atoms with Crippen LogP contribution in [0.25, 0.3) is 0 Å². The van der Waals surface area contributed by atoms with E-state index >= 15 is 0 Å². The third-order valence-corrected chi connectivity index (χ3v) is 5.98. The lowest BCUT2D eigenvalue weighted by atomic mass is 9.91. The molecule has 2 unspecified atom stereocenters. The fourth-order valence-corrected chi connectivity index (χ4v) is 4.22. The highest BCUT2D eigenvalue weighted by molar-refractivity contribution is 6.30. The number of amides is 1. The van der Waals surface area contributed by atoms with Gasteiger partial charge in [-0.15, -0.1) is 0 Å². The summed E-state index contributed by atoms with van der Waals surface area (Å²) in [4.78, 5) is 12.9. The molecule has 2 aliphatic rings. The maximum atomic E-state index is 12.9. The van der Waals surface area contributed by atoms with Crippen molar-refractivity contribution in [3.8, 4) is 0 Å². The number of halogens is 1. The predicted octanol–water partition coefficient (Wildman–Crippen LogP) is 3.94. The summed E-state index contributed by atoms with van der Waals surface area (Å²) in [6, 6.07) is 17.8. The maximum absolute atomic E-state index is 12.9. The van der Waals surface area contributed by atoms with Gasteiger partial charge < -0.3 is 10.6 Å². The summed E-state index contributed by atoms with van der Waals surface area (Å²) in [5.74, 6) is 0.346. The molecular formula is C21H23ClN2O. The van der Waals surface area contributed by atoms with Gasteiger partial charge in [-0.05, 0) is 61.0 Å². The van der Waals surface area contributed by atoms with Crippen LogP contribution in [0.15, 0.2) is 54.6 Å². The molecule has 2 aromatic carbocycles. The molecule has 1 aliphatic carbocycles. The highest BCUT2D eigenvalue weighted by Gasteiger charge is 2.57. The van der Waals surface area contributed by atoms with Crippen molar-refractivity contribution in [3.63, 3.8) is 0 Å². The van der Waals surface area contributed by atoms with E-state index in [0.29, 0.717) is 5.02 Å². The topological polar surface area (TPSA) is 41.1 Å². The van der Waals surface area contributed by atoms with Gasteiger partial charge in [0.2, 0.25) is 5.91 Å². The Bertz CT molecular complexity index is 738. The Morgan fingerprint density at radius 1 is 1.04 bits per heavy atom. The number of piperidine rings is 1. The Balaban J connectivity index is 1.55. The highest BCUT2D eigenvalue weighted by Crippen LogP contribution is 2.58. The van der Waals surface area contributed by atoms with E-state index in [1.807, 2.05) is 42.5 Å². The molecule has 0 bridgehead atoms. The number of hydrogen-bond acceptors (Lipinski definition) is 2. The molecule has 1 aliphatic heterocycles. The summed E-state index contributed by atoms with van der Waals surface area (Å²) < 4.78 is 0. The molecule has 2 fully saturated rings. The van der Waals surface area contributed by atoms with Gasteiger partial charge >= 0.3 is 0 Å². The molecule has 1 spiro atoms. The molecule has 4 rings (SSSR count). The molecule has 1 heterocycles. The SMILES string of the molecule is O=C(NC(c1ccccc1)c1ccc(Cl)cc1)C1CC12CCNCC2. The molecular weight excluding hydrogens is 332 g/mol. The first-order chi connectivity index (χ1) is 12.2. The number of nitrogens with one attached hydrogen (secondary N) is 2. The van der Waals surface area contributed by atoms with Crippen LogP contribution in [0.5, 0.6) is 0 Å². The average Bonchev–Trinajstić information content (AvgIpc) is 3.35. The Morgan fingerprint density at radius 2 is 1.68 bits per heavy atom. The number of hydrogen-bond donors (Lipinski definition) is 2. The van der Waals surface area contributed by atoms with E-state index in [2.05, 4.69) is 22.8 Å². The normalized spacial score (nSPS) is 22.4. The number of carbonyl (C=O) groups is 1. The molecule has 130 valence electrons. The quantitative estimate of drug-likeness (QED) is 0.873. The van der Waals surface area contributed by atoms with E-state index in [9.17, 15) is 4.79 Å². The molecule has 0 aromatic heterocycles. The van der Waals surface area contributed by atoms with Crippen LogP contribution >= 0.6 is 11.6 Å². The molecule has 2 N–H and O–H groups in total. The lowest BCUT2D eigenvalue weighted by Gasteiger charge is -2.25. The van der Waals surface area contributed by atoms with Gasteiger partial charge in [-0.25, -0.2) is 0 Å². The van der Waals surface area contributed by atoms with E-state index in [-0.39, 0.29) is 23.3 Å². The minimum absolute atomic E-state index is 0.134. The zero-order valence-electron chi connectivity index (χ0n) is 14.2. The van der Waals surface area contributed by atoms with Gasteiger partial charge in [-0.3, -0.25) is 4.79 Å². The van der Waals surface area contributed by atoms with Gasteiger partial charge in [0.1, 0.15) is 0 Å². The second-order valence-corrected chi connectivity index (χ2v) is 7.71. The van der Waals surface area contributed by atoms with Gasteiger partial charge in [0.15, 0.2) is 0 Å². The molecule has 1 amide bonds. The highest BCUT2D eigenvalue weighted by atomic mass is 35.5. The van der Waals surface area contributed by atoms with Gasteiger partial charge in [-0.1, -0.05) is 54.1 Å². The van der Waals surface area contributed by atoms with Gasteiger partial charge in [0.05, 0.1) is 6.04 Å². The molecule has 25 heavy (non-hydrogen) atoms. The standard InChI is InChI=1S/C21H23ClN2O/c22-17-8-6-16(7-9-17)19(15-4-2-1-3-5-15)24-20(25)18-14-21(18)10-12-23-13-11-21/h1-9,18-19,23H,10-14H2,(H,24,25). The summed E-state index contributed by atoms with van der Waals surface area (Å²) in [7, 11) is 0. The lowest BCUT2D eigenvalue weighted by molar-refractivity contribution is -0.123. The smallest absolute Gasteiger partial charge is 0.224 e. The fraction of sp³-hybridized carbons (Fsp3) is 0.381. The van der Waals surface area contributed by atoms with E-state index in [1.165, 1.54) is 0 Å². The van der Waals surface area contributed by atoms with E-state index < -0.39 is 0 Å². The Kier molecular flexibility index (Phi) is 4.53. The minimum atomic E-state index is -0.134. The second-order valence-electron chi connectivity index (χ2n) is 7.27. The molecule has 2 aromatic rings. The molecule has 0 radical (unpaired) electrons. The summed E-state index contributed by atoms with van der Waals surface area (Å²) >= 11 is 6.03. The maximum Gasteiger partial charge on any atom is 0.224 e. The van der Waals surface area contributed by atoms with Crippen LogP contribution in [0.2, 0.25) is 5.02 Å². The Morgan fingerprint density at radius 3 is 2.36 bits per heavy atom. The summed E-state index contributed by atoms with van der Waals surface area (Å²) in [5.41, 5.74) is 2.40. The largest absolute Gasteiger partial charge is 0.345 e. The van der Waals surface area contributed by atoms with Gasteiger partial charge in [0.25, 0.3) is 0 Å². The number of carbonyl (C=O) groups excluding carboxylic acids is 1. The molecule has 3 nitrogen and oxygen atoms in total. The lowest BCUT2D eigenvalue weighted by Crippen LogP contribution is -2.35. The Hall–Kier alpha value is -1.84. The van der Waals surface area contributed by atoms with Crippen LogP contribution in [0.1, 0.15) is 36.4 Å². The first-order valence-corrected chi connectivity index (χ1v) is 9.37. The zero-order chi connectivity index (χ0) is 17.3. The van der Waals surface area contributed by atoms with E-state index in [0.717, 1.165) is 43.5 Å². The van der Waals surface area contributed by atoms with Crippen molar-refractivity contribution in [2.24, 2.45) is 11.3 Å². The average molecular weight is 355 g/mol. The minimum Gasteiger partial charge on any atom is -0.345 e. The Labute approximate surface area is 153 Å². The first-order valence-electron chi connectivity index (χ1n) is 8.99. The van der Waals surface area contributed by atoms with Gasteiger partial charge in [0, 0.05) is 10.9 Å². The second kappa shape index (κ2) is 6.81. The van der Waals surface area contributed by atoms with Crippen molar-refractivity contribution in [2.45, 2.75) is 25.3 Å². The van der Waals surface area contributed by atoms with Crippen molar-refractivity contribution in [1.82, 2.24) is 10.6 Å². The van der Waals surface area contributed by atoms with Crippen molar-refractivity contribution in [2.75, 3.05) is 13.1 Å². The first kappa shape index (κ1) is 16.6. The summed E-state index contributed by atoms with van der Waals surface area (Å²) in [5, 5.41) is 7.40. The zero-order valence-corrected chi connectivity index (χ0v) is 14.9. The number of benzene rings is 2. The third kappa shape index (κ3) is 3.44. The van der Waals surface area contributed by atoms with Crippen LogP contribution in [0.3, 0.4) is 0 Å². The monoisotopic (exact) mass is 354 g/mol. The van der Waals surface area contributed by atoms with Crippen LogP contribution in [-0.4, -0.2) is 19.0 Å². The van der Waals surface area contributed by atoms with Crippen LogP contribution < -0.4 is 10.6 Å². The molecule has 1 saturated heterocycles. The fourth-order valence-electron chi connectivity index (χ4n) is 4.10. The number of rotatable bonds is 4. The van der Waals surface area contributed by atoms with Crippen molar-refractivity contribution in [1.29, 1.82) is 0 Å². The van der Waals surface area contributed by atoms with E-state index in [4.69, 9.17) is 11.6 Å². The predicted molar refractivity (Wildman–Crippen MR) is 101 cm³/mol. The van der Waals surface area contributed by atoms with Crippen molar-refractivity contribution < 1.29 is 4.79 Å². The van der Waals surface area contributed by atoms with Crippen LogP contribution in [0.4, 0.5) is 0 Å². The molecule has 1 saturated carbocycles. The summed E-state index contributed by atoms with van der Waals surface area (Å²) in [6.07, 6.45) is 3.26. The summed E-state index contributed by atoms with van der Waals surface area (Å²) in [6.45, 7) is 2.06. The van der Waals surface area contributed by atoms with Crippen molar-refractivity contribution >= 4 is 17.5 Å².